The fraction of sp³-hybridized carbons (Fsp3) is 0.647. The molecule has 1 heterocycles. The summed E-state index contributed by atoms with van der Waals surface area (Å²) in [5, 5.41) is 2.41. The summed E-state index contributed by atoms with van der Waals surface area (Å²) in [6.45, 7) is 10.4. The van der Waals surface area contributed by atoms with Gasteiger partial charge < -0.3 is 24.7 Å². The SMILES string of the molecule is C=NC(N)=Nc1c(C)ncn1CC1(OCP(=O)(O)NC(C)C(=O)OC(C)C)CC1. The second kappa shape index (κ2) is 9.17. The highest BCUT2D eigenvalue weighted by molar-refractivity contribution is 7.55. The Kier molecular flexibility index (Phi) is 7.34. The average molecular weight is 428 g/mol. The van der Waals surface area contributed by atoms with Crippen molar-refractivity contribution < 1.29 is 23.7 Å². The van der Waals surface area contributed by atoms with Crippen molar-refractivity contribution in [1.82, 2.24) is 14.6 Å². The molecular weight excluding hydrogens is 399 g/mol. The summed E-state index contributed by atoms with van der Waals surface area (Å²) >= 11 is 0. The minimum absolute atomic E-state index is 0.0203. The number of hydrogen-bond acceptors (Lipinski definition) is 6. The highest BCUT2D eigenvalue weighted by atomic mass is 31.2. The summed E-state index contributed by atoms with van der Waals surface area (Å²) in [5.41, 5.74) is 5.69. The van der Waals surface area contributed by atoms with E-state index < -0.39 is 31.5 Å². The number of nitrogens with one attached hydrogen (secondary N) is 1. The van der Waals surface area contributed by atoms with E-state index in [0.717, 1.165) is 0 Å². The second-order valence-electron chi connectivity index (χ2n) is 7.40. The van der Waals surface area contributed by atoms with Crippen LogP contribution in [0.4, 0.5) is 5.82 Å². The molecule has 11 nitrogen and oxygen atoms in total. The Hall–Kier alpha value is -2.07. The zero-order valence-electron chi connectivity index (χ0n) is 17.2. The lowest BCUT2D eigenvalue weighted by molar-refractivity contribution is -0.149. The van der Waals surface area contributed by atoms with E-state index in [-0.39, 0.29) is 12.1 Å². The number of rotatable bonds is 10. The van der Waals surface area contributed by atoms with Crippen molar-refractivity contribution in [2.24, 2.45) is 15.7 Å². The molecule has 1 aromatic rings. The third-order valence-electron chi connectivity index (χ3n) is 4.28. The fourth-order valence-electron chi connectivity index (χ4n) is 2.63. The highest BCUT2D eigenvalue weighted by Gasteiger charge is 2.46. The van der Waals surface area contributed by atoms with Gasteiger partial charge in [0.1, 0.15) is 12.4 Å². The molecule has 1 fully saturated rings. The molecule has 2 unspecified atom stereocenters. The van der Waals surface area contributed by atoms with Gasteiger partial charge in [-0.15, -0.1) is 0 Å². The smallest absolute Gasteiger partial charge is 0.323 e. The molecule has 29 heavy (non-hydrogen) atoms. The van der Waals surface area contributed by atoms with Crippen LogP contribution < -0.4 is 10.8 Å². The molecule has 1 aliphatic rings. The Balaban J connectivity index is 1.98. The van der Waals surface area contributed by atoms with Crippen LogP contribution >= 0.6 is 7.52 Å². The van der Waals surface area contributed by atoms with Crippen molar-refractivity contribution in [2.75, 3.05) is 6.35 Å². The van der Waals surface area contributed by atoms with Gasteiger partial charge in [0.05, 0.1) is 30.3 Å². The standard InChI is InChI=1S/C17H29N6O5P/c1-11(2)28-15(24)13(4)22-29(25,26)10-27-17(6-7-17)8-23-9-20-12(3)14(23)21-16(18)19-5/h9,11,13H,5-8,10H2,1-4H3,(H2,18,21)(H2,22,25,26). The zero-order valence-corrected chi connectivity index (χ0v) is 18.1. The third-order valence-corrected chi connectivity index (χ3v) is 5.55. The van der Waals surface area contributed by atoms with E-state index in [1.165, 1.54) is 6.92 Å². The van der Waals surface area contributed by atoms with Gasteiger partial charge in [-0.05, 0) is 47.3 Å². The lowest BCUT2D eigenvalue weighted by atomic mass is 10.3. The molecule has 162 valence electrons. The zero-order chi connectivity index (χ0) is 21.8. The number of esters is 1. The molecule has 2 rings (SSSR count). The Labute approximate surface area is 169 Å². The topological polar surface area (TPSA) is 153 Å². The number of carbonyl (C=O) groups is 1. The molecule has 2 atom stereocenters. The van der Waals surface area contributed by atoms with Crippen LogP contribution in [-0.2, 0) is 25.4 Å². The van der Waals surface area contributed by atoms with Crippen LogP contribution in [0.3, 0.4) is 0 Å². The molecule has 12 heteroatoms. The maximum absolute atomic E-state index is 12.4. The molecular formula is C17H29N6O5P. The number of hydrogen-bond donors (Lipinski definition) is 3. The van der Waals surface area contributed by atoms with E-state index in [1.54, 1.807) is 31.7 Å². The van der Waals surface area contributed by atoms with E-state index >= 15 is 0 Å². The first-order valence-electron chi connectivity index (χ1n) is 9.23. The summed E-state index contributed by atoms with van der Waals surface area (Å²) in [7, 11) is -3.91. The quantitative estimate of drug-likeness (QED) is 0.219. The normalized spacial score (nSPS) is 18.9. The number of nitrogens with zero attached hydrogens (tertiary/aromatic N) is 4. The second-order valence-corrected chi connectivity index (χ2v) is 9.32. The van der Waals surface area contributed by atoms with Gasteiger partial charge in [-0.25, -0.2) is 15.1 Å². The number of imidazole rings is 1. The van der Waals surface area contributed by atoms with Crippen molar-refractivity contribution in [3.63, 3.8) is 0 Å². The van der Waals surface area contributed by atoms with Crippen LogP contribution in [-0.4, -0.2) is 57.2 Å². The number of aromatic nitrogens is 2. The minimum atomic E-state index is -3.91. The van der Waals surface area contributed by atoms with E-state index in [9.17, 15) is 14.3 Å². The number of aryl methyl sites for hydroxylation is 1. The first kappa shape index (κ1) is 23.2. The molecule has 1 aromatic heterocycles. The summed E-state index contributed by atoms with van der Waals surface area (Å²) in [6.07, 6.45) is 2.29. The van der Waals surface area contributed by atoms with Crippen LogP contribution in [0.5, 0.6) is 0 Å². The summed E-state index contributed by atoms with van der Waals surface area (Å²) < 4.78 is 25.0. The van der Waals surface area contributed by atoms with E-state index in [4.69, 9.17) is 15.2 Å². The fourth-order valence-corrected chi connectivity index (χ4v) is 3.86. The molecule has 4 N–H and O–H groups in total. The van der Waals surface area contributed by atoms with Gasteiger partial charge in [0.2, 0.25) is 5.96 Å². The summed E-state index contributed by atoms with van der Waals surface area (Å²) in [4.78, 5) is 34.0. The van der Waals surface area contributed by atoms with Crippen molar-refractivity contribution in [3.05, 3.63) is 12.0 Å². The number of ether oxygens (including phenoxy) is 2. The van der Waals surface area contributed by atoms with Gasteiger partial charge in [-0.2, -0.15) is 4.99 Å². The van der Waals surface area contributed by atoms with Crippen LogP contribution in [0.15, 0.2) is 16.3 Å². The van der Waals surface area contributed by atoms with E-state index in [0.29, 0.717) is 30.9 Å². The molecule has 0 spiro atoms. The maximum atomic E-state index is 12.4. The number of guanidine groups is 1. The molecule has 1 saturated carbocycles. The van der Waals surface area contributed by atoms with Crippen molar-refractivity contribution in [2.45, 2.75) is 64.8 Å². The third kappa shape index (κ3) is 6.74. The maximum Gasteiger partial charge on any atom is 0.323 e. The van der Waals surface area contributed by atoms with E-state index in [2.05, 4.69) is 26.8 Å². The summed E-state index contributed by atoms with van der Waals surface area (Å²) in [5.74, 6) is -0.0488. The Morgan fingerprint density at radius 1 is 1.52 bits per heavy atom. The predicted octanol–water partition coefficient (Wildman–Crippen LogP) is 1.46. The Morgan fingerprint density at radius 3 is 2.72 bits per heavy atom. The number of aliphatic imine (C=N–C) groups is 2. The monoisotopic (exact) mass is 428 g/mol. The number of carbonyl (C=O) groups excluding carboxylic acids is 1. The van der Waals surface area contributed by atoms with Crippen LogP contribution in [0.1, 0.15) is 39.3 Å². The largest absolute Gasteiger partial charge is 0.462 e. The lowest BCUT2D eigenvalue weighted by Crippen LogP contribution is -2.36. The van der Waals surface area contributed by atoms with Gasteiger partial charge in [0.15, 0.2) is 5.82 Å². The van der Waals surface area contributed by atoms with Crippen molar-refractivity contribution in [3.8, 4) is 0 Å². The molecule has 0 amide bonds. The lowest BCUT2D eigenvalue weighted by Gasteiger charge is -2.23. The molecule has 1 aliphatic carbocycles. The van der Waals surface area contributed by atoms with E-state index in [1.807, 2.05) is 0 Å². The predicted molar refractivity (Wildman–Crippen MR) is 109 cm³/mol. The van der Waals surface area contributed by atoms with Crippen LogP contribution in [0.25, 0.3) is 0 Å². The first-order chi connectivity index (χ1) is 13.5. The van der Waals surface area contributed by atoms with Crippen molar-refractivity contribution in [1.29, 1.82) is 0 Å². The molecule has 0 aliphatic heterocycles. The molecule has 0 saturated heterocycles. The van der Waals surface area contributed by atoms with Crippen LogP contribution in [0, 0.1) is 6.92 Å². The minimum Gasteiger partial charge on any atom is -0.462 e. The van der Waals surface area contributed by atoms with Gasteiger partial charge >= 0.3 is 5.97 Å². The Morgan fingerprint density at radius 2 is 2.17 bits per heavy atom. The molecule has 0 bridgehead atoms. The van der Waals surface area contributed by atoms with Gasteiger partial charge in [-0.1, -0.05) is 0 Å². The Bertz CT molecular complexity index is 832. The molecule has 0 radical (unpaired) electrons. The van der Waals surface area contributed by atoms with Crippen molar-refractivity contribution >= 4 is 32.0 Å². The average Bonchev–Trinajstić information content (AvgIpc) is 3.32. The number of nitrogens with two attached hydrogens (primary N) is 1. The van der Waals surface area contributed by atoms with Gasteiger partial charge in [0.25, 0.3) is 7.52 Å². The molecule has 0 aromatic carbocycles. The first-order valence-corrected chi connectivity index (χ1v) is 11.1. The van der Waals surface area contributed by atoms with Crippen LogP contribution in [0.2, 0.25) is 0 Å². The summed E-state index contributed by atoms with van der Waals surface area (Å²) in [6, 6.07) is -0.932. The van der Waals surface area contributed by atoms with Gasteiger partial charge in [-0.3, -0.25) is 9.36 Å². The van der Waals surface area contributed by atoms with Gasteiger partial charge in [0, 0.05) is 0 Å². The highest BCUT2D eigenvalue weighted by Crippen LogP contribution is 2.46.